The van der Waals surface area contributed by atoms with Crippen LogP contribution in [-0.4, -0.2) is 156 Å². The van der Waals surface area contributed by atoms with Crippen molar-refractivity contribution < 1.29 is 67.2 Å². The fourth-order valence-corrected chi connectivity index (χ4v) is 11.2. The summed E-state index contributed by atoms with van der Waals surface area (Å²) < 4.78 is 59.1. The van der Waals surface area contributed by atoms with Gasteiger partial charge in [-0.05, 0) is 104 Å². The number of methoxy groups -OCH3 is 1. The number of rotatable bonds is 9. The largest absolute Gasteiger partial charge is 0.459 e. The van der Waals surface area contributed by atoms with Gasteiger partial charge in [0.05, 0.1) is 60.8 Å². The number of cyclic esters (lactones) is 1. The second kappa shape index (κ2) is 21.9. The molecule has 2 aromatic rings. The summed E-state index contributed by atoms with van der Waals surface area (Å²) in [4.78, 5) is 48.6. The summed E-state index contributed by atoms with van der Waals surface area (Å²) in [5, 5.41) is 25.6. The molecule has 1 aromatic carbocycles. The molecule has 4 aliphatic heterocycles. The molecule has 4 fully saturated rings. The lowest BCUT2D eigenvalue weighted by Crippen LogP contribution is -2.62. The number of benzene rings is 1. The summed E-state index contributed by atoms with van der Waals surface area (Å²) in [5.74, 6) is -4.73. The Balaban J connectivity index is 1.55. The van der Waals surface area contributed by atoms with Gasteiger partial charge in [-0.25, -0.2) is 0 Å². The van der Waals surface area contributed by atoms with Gasteiger partial charge in [0.25, 0.3) is 0 Å². The topological polar surface area (TPSA) is 191 Å². The second-order valence-electron chi connectivity index (χ2n) is 20.9. The van der Waals surface area contributed by atoms with Crippen molar-refractivity contribution in [1.82, 2.24) is 9.88 Å². The van der Waals surface area contributed by atoms with Crippen LogP contribution in [0.15, 0.2) is 42.1 Å². The number of ketones is 1. The van der Waals surface area contributed by atoms with Crippen molar-refractivity contribution in [1.29, 1.82) is 0 Å². The van der Waals surface area contributed by atoms with E-state index in [1.807, 2.05) is 90.0 Å². The predicted molar refractivity (Wildman–Crippen MR) is 253 cm³/mol. The first-order valence-electron chi connectivity index (χ1n) is 24.4. The van der Waals surface area contributed by atoms with Crippen LogP contribution >= 0.6 is 0 Å². The van der Waals surface area contributed by atoms with Crippen molar-refractivity contribution in [2.45, 2.75) is 186 Å². The summed E-state index contributed by atoms with van der Waals surface area (Å²) in [6.45, 7) is 19.2. The van der Waals surface area contributed by atoms with Gasteiger partial charge in [-0.1, -0.05) is 45.9 Å². The number of aliphatic hydroxyl groups excluding tert-OH is 1. The number of esters is 2. The van der Waals surface area contributed by atoms with Crippen LogP contribution < -0.4 is 0 Å². The molecule has 18 atom stereocenters. The summed E-state index contributed by atoms with van der Waals surface area (Å²) in [7, 11) is 5.32. The molecule has 16 heteroatoms. The minimum absolute atomic E-state index is 0.00837. The Morgan fingerprint density at radius 2 is 1.68 bits per heavy atom. The van der Waals surface area contributed by atoms with Gasteiger partial charge in [0.1, 0.15) is 29.2 Å². The molecule has 5 heterocycles. The Bertz CT molecular complexity index is 2100. The summed E-state index contributed by atoms with van der Waals surface area (Å²) in [6.07, 6.45) is -4.71. The number of nitrogens with zero attached hydrogens (tertiary/aromatic N) is 2. The third kappa shape index (κ3) is 11.7. The molecule has 380 valence electrons. The lowest BCUT2D eigenvalue weighted by molar-refractivity contribution is -0.320. The Hall–Kier alpha value is -3.42. The maximum atomic E-state index is 14.9. The Morgan fingerprint density at radius 3 is 2.34 bits per heavy atom. The van der Waals surface area contributed by atoms with Crippen LogP contribution in [-0.2, 0) is 57.0 Å². The highest BCUT2D eigenvalue weighted by molar-refractivity contribution is 5.84. The molecule has 4 saturated heterocycles. The second-order valence-corrected chi connectivity index (χ2v) is 20.9. The molecule has 1 aromatic heterocycles. The van der Waals surface area contributed by atoms with E-state index in [0.717, 1.165) is 16.5 Å². The summed E-state index contributed by atoms with van der Waals surface area (Å²) in [6, 6.07) is 9.51. The molecule has 2 unspecified atom stereocenters. The lowest BCUT2D eigenvalue weighted by Gasteiger charge is -2.50. The number of aliphatic hydroxyl groups is 2. The van der Waals surface area contributed by atoms with Crippen LogP contribution in [0.5, 0.6) is 0 Å². The zero-order chi connectivity index (χ0) is 50.0. The molecule has 16 nitrogen and oxygen atoms in total. The monoisotopic (exact) mass is 955 g/mol. The molecule has 2 N–H and O–H groups in total. The van der Waals surface area contributed by atoms with E-state index < -0.39 is 108 Å². The van der Waals surface area contributed by atoms with Crippen LogP contribution in [0.3, 0.4) is 0 Å². The fraction of sp³-hybridized carbons (Fsp3) is 0.731. The van der Waals surface area contributed by atoms with Crippen LogP contribution in [0, 0.1) is 23.7 Å². The highest BCUT2D eigenvalue weighted by atomic mass is 16.7. The third-order valence-corrected chi connectivity index (χ3v) is 15.0. The standard InChI is InChI=1S/C52H78N2O14/c1-15-40-52(11,59)46-30(4)42(56)28(2)23-51(10,62-27-36(26-61-46)21-35-22-37-18-16-17-19-38(37)53-25-35)45(68-49-43(57)39(54(12)13)20-29(3)63-49)31(5)44(32(6)48(58)66-40)67-41-24-50(9,60-14)47(33(7)64-41)65-34(8)55/h16-19,21-22,25,28-33,39-41,43-47,49,57,59H,15,20,23-24,26-27H2,1-14H3/t28-,29-,30+,31+,32-,33+,39+,40-,41?,43?,44+,45-,46-,47+,49+,50-,51-,52-/m1/s1. The van der Waals surface area contributed by atoms with Crippen LogP contribution in [0.4, 0.5) is 0 Å². The van der Waals surface area contributed by atoms with Crippen LogP contribution in [0.2, 0.25) is 0 Å². The number of hydrogen-bond acceptors (Lipinski definition) is 16. The third-order valence-electron chi connectivity index (χ3n) is 15.0. The van der Waals surface area contributed by atoms with E-state index >= 15 is 0 Å². The van der Waals surface area contributed by atoms with E-state index in [1.54, 1.807) is 40.8 Å². The number of Topliss-reactive ketones (excluding diaryl/α,β-unsaturated/α-hetero) is 1. The van der Waals surface area contributed by atoms with Crippen molar-refractivity contribution in [2.24, 2.45) is 23.7 Å². The van der Waals surface area contributed by atoms with Gasteiger partial charge >= 0.3 is 11.9 Å². The smallest absolute Gasteiger partial charge is 0.311 e. The summed E-state index contributed by atoms with van der Waals surface area (Å²) in [5.41, 5.74) is -1.98. The SMILES string of the molecule is CC[C@H]1OC(=O)[C@H](C)[C@@H](OC2C[C@@](C)(OC)[C@@H](OC(C)=O)[C@H](C)O2)[C@H](C)[C@@H](O[C@@H]2O[C@H](C)C[C@H](N(C)C)C2O)[C@@]2(C)C[C@@H](C)C(=O)[C@H](C)[C@@H](OCC(=Cc3cnc4ccccc4c3)CO2)[C@]1(C)O. The number of pyridine rings is 1. The van der Waals surface area contributed by atoms with Gasteiger partial charge in [0.2, 0.25) is 0 Å². The zero-order valence-electron chi connectivity index (χ0n) is 42.6. The number of likely N-dealkylation sites (N-methyl/N-ethyl adjacent to an activating group) is 1. The Morgan fingerprint density at radius 1 is 0.971 bits per heavy atom. The molecule has 6 rings (SSSR count). The van der Waals surface area contributed by atoms with E-state index in [4.69, 9.17) is 47.6 Å². The predicted octanol–water partition coefficient (Wildman–Crippen LogP) is 6.05. The van der Waals surface area contributed by atoms with Gasteiger partial charge in [-0.15, -0.1) is 0 Å². The van der Waals surface area contributed by atoms with Crippen molar-refractivity contribution in [3.63, 3.8) is 0 Å². The molecule has 2 bridgehead atoms. The quantitative estimate of drug-likeness (QED) is 0.276. The van der Waals surface area contributed by atoms with Gasteiger partial charge in [-0.3, -0.25) is 19.4 Å². The Kier molecular flexibility index (Phi) is 17.4. The van der Waals surface area contributed by atoms with Crippen LogP contribution in [0.25, 0.3) is 17.0 Å². The molecule has 0 radical (unpaired) electrons. The van der Waals surface area contributed by atoms with Crippen LogP contribution in [0.1, 0.15) is 107 Å². The minimum atomic E-state index is -1.85. The number of ether oxygens (including phenoxy) is 9. The van der Waals surface area contributed by atoms with Crippen molar-refractivity contribution in [3.8, 4) is 0 Å². The minimum Gasteiger partial charge on any atom is -0.459 e. The van der Waals surface area contributed by atoms with Gasteiger partial charge in [-0.2, -0.15) is 0 Å². The van der Waals surface area contributed by atoms with Crippen molar-refractivity contribution in [3.05, 3.63) is 47.7 Å². The molecule has 0 amide bonds. The molecule has 0 aliphatic carbocycles. The molecular formula is C52H78N2O14. The fourth-order valence-electron chi connectivity index (χ4n) is 11.2. The van der Waals surface area contributed by atoms with Gasteiger partial charge in [0.15, 0.2) is 18.7 Å². The molecule has 0 saturated carbocycles. The number of carbonyl (C=O) groups excluding carboxylic acids is 3. The molecule has 4 aliphatic rings. The number of carbonyl (C=O) groups is 3. The van der Waals surface area contributed by atoms with E-state index in [1.165, 1.54) is 14.0 Å². The highest BCUT2D eigenvalue weighted by Crippen LogP contribution is 2.43. The number of fused-ring (bicyclic) bond motifs is 6. The Labute approximate surface area is 402 Å². The summed E-state index contributed by atoms with van der Waals surface area (Å²) >= 11 is 0. The van der Waals surface area contributed by atoms with Crippen molar-refractivity contribution in [2.75, 3.05) is 34.4 Å². The molecule has 0 spiro atoms. The highest BCUT2D eigenvalue weighted by Gasteiger charge is 2.55. The van der Waals surface area contributed by atoms with E-state index in [2.05, 4.69) is 0 Å². The van der Waals surface area contributed by atoms with Gasteiger partial charge < -0.3 is 57.7 Å². The van der Waals surface area contributed by atoms with Gasteiger partial charge in [0, 0.05) is 55.8 Å². The number of para-hydroxylation sites is 1. The van der Waals surface area contributed by atoms with E-state index in [9.17, 15) is 24.6 Å². The first-order chi connectivity index (χ1) is 31.9. The molecule has 68 heavy (non-hydrogen) atoms. The number of hydrogen-bond donors (Lipinski definition) is 2. The molecular weight excluding hydrogens is 877 g/mol. The normalized spacial score (nSPS) is 42.0. The average molecular weight is 955 g/mol. The van der Waals surface area contributed by atoms with Crippen molar-refractivity contribution >= 4 is 34.7 Å². The first kappa shape index (κ1) is 53.9. The number of aromatic nitrogens is 1. The van der Waals surface area contributed by atoms with E-state index in [-0.39, 0.29) is 50.4 Å². The average Bonchev–Trinajstić information content (AvgIpc) is 3.29. The maximum absolute atomic E-state index is 14.9. The maximum Gasteiger partial charge on any atom is 0.311 e. The van der Waals surface area contributed by atoms with E-state index in [0.29, 0.717) is 12.0 Å². The zero-order valence-corrected chi connectivity index (χ0v) is 42.6. The lowest BCUT2D eigenvalue weighted by atomic mass is 9.73. The first-order valence-corrected chi connectivity index (χ1v) is 24.4.